The molecular weight excluding hydrogens is 311 g/mol. The van der Waals surface area contributed by atoms with E-state index in [1.807, 2.05) is 11.8 Å². The number of nitrogens with zero attached hydrogens (tertiary/aromatic N) is 1. The van der Waals surface area contributed by atoms with Crippen LogP contribution in [0.15, 0.2) is 18.2 Å². The molecule has 2 aliphatic rings. The van der Waals surface area contributed by atoms with E-state index in [2.05, 4.69) is 0 Å². The second-order valence-electron chi connectivity index (χ2n) is 5.86. The van der Waals surface area contributed by atoms with Crippen LogP contribution in [0.25, 0.3) is 0 Å². The molecule has 2 unspecified atom stereocenters. The summed E-state index contributed by atoms with van der Waals surface area (Å²) < 4.78 is 39.6. The van der Waals surface area contributed by atoms with Crippen LogP contribution in [0.1, 0.15) is 47.2 Å². The Bertz CT molecular complexity index is 638. The number of nitriles is 1. The minimum absolute atomic E-state index is 0.0804. The Kier molecular flexibility index (Phi) is 3.94. The third-order valence-electron chi connectivity index (χ3n) is 4.38. The van der Waals surface area contributed by atoms with Gasteiger partial charge in [-0.15, -0.1) is 0 Å². The first-order chi connectivity index (χ1) is 10.4. The van der Waals surface area contributed by atoms with Crippen LogP contribution in [0.3, 0.4) is 0 Å². The third kappa shape index (κ3) is 2.87. The van der Waals surface area contributed by atoms with Gasteiger partial charge in [0.15, 0.2) is 5.78 Å². The van der Waals surface area contributed by atoms with E-state index in [-0.39, 0.29) is 17.0 Å². The summed E-state index contributed by atoms with van der Waals surface area (Å²) in [4.78, 5) is 12.6. The fraction of sp³-hybridized carbons (Fsp3) is 0.500. The van der Waals surface area contributed by atoms with Gasteiger partial charge in [-0.2, -0.15) is 30.2 Å². The number of ketones is 1. The number of rotatable bonds is 2. The van der Waals surface area contributed by atoms with Crippen molar-refractivity contribution in [2.24, 2.45) is 5.92 Å². The summed E-state index contributed by atoms with van der Waals surface area (Å²) in [6.45, 7) is 0. The monoisotopic (exact) mass is 325 g/mol. The minimum atomic E-state index is -4.62. The molecule has 3 rings (SSSR count). The first kappa shape index (κ1) is 15.4. The average molecular weight is 325 g/mol. The standard InChI is InChI=1S/C16H14F3NOS/c17-16(18,19)14-5-9(8-20)1-4-13(14)15(21)10-6-11-2-3-12(7-10)22-11/h1,4-5,10-12H,2-3,6-7H2. The molecule has 0 saturated carbocycles. The molecule has 2 heterocycles. The highest BCUT2D eigenvalue weighted by Gasteiger charge is 2.41. The van der Waals surface area contributed by atoms with Crippen LogP contribution in [0.2, 0.25) is 0 Å². The average Bonchev–Trinajstić information content (AvgIpc) is 2.83. The lowest BCUT2D eigenvalue weighted by atomic mass is 9.87. The molecule has 2 fully saturated rings. The van der Waals surface area contributed by atoms with E-state index in [4.69, 9.17) is 5.26 Å². The van der Waals surface area contributed by atoms with Crippen LogP contribution in [-0.2, 0) is 6.18 Å². The second-order valence-corrected chi connectivity index (χ2v) is 7.47. The fourth-order valence-corrected chi connectivity index (χ4v) is 5.13. The van der Waals surface area contributed by atoms with Crippen LogP contribution in [0.5, 0.6) is 0 Å². The van der Waals surface area contributed by atoms with Crippen molar-refractivity contribution in [1.29, 1.82) is 5.26 Å². The molecule has 2 nitrogen and oxygen atoms in total. The van der Waals surface area contributed by atoms with Gasteiger partial charge in [0.2, 0.25) is 0 Å². The molecule has 2 bridgehead atoms. The van der Waals surface area contributed by atoms with Gasteiger partial charge >= 0.3 is 6.18 Å². The zero-order valence-corrected chi connectivity index (χ0v) is 12.5. The molecule has 22 heavy (non-hydrogen) atoms. The van der Waals surface area contributed by atoms with Crippen molar-refractivity contribution < 1.29 is 18.0 Å². The van der Waals surface area contributed by atoms with E-state index in [1.54, 1.807) is 6.07 Å². The Labute approximate surface area is 130 Å². The maximum Gasteiger partial charge on any atom is 0.417 e. The molecule has 0 N–H and O–H groups in total. The highest BCUT2D eigenvalue weighted by atomic mass is 32.2. The molecule has 1 aromatic carbocycles. The minimum Gasteiger partial charge on any atom is -0.294 e. The second kappa shape index (κ2) is 5.62. The van der Waals surface area contributed by atoms with Crippen molar-refractivity contribution in [3.8, 4) is 6.07 Å². The third-order valence-corrected chi connectivity index (χ3v) is 6.01. The van der Waals surface area contributed by atoms with Crippen LogP contribution < -0.4 is 0 Å². The molecule has 116 valence electrons. The number of alkyl halides is 3. The van der Waals surface area contributed by atoms with Gasteiger partial charge in [0, 0.05) is 22.0 Å². The van der Waals surface area contributed by atoms with E-state index >= 15 is 0 Å². The summed E-state index contributed by atoms with van der Waals surface area (Å²) in [7, 11) is 0. The Morgan fingerprint density at radius 3 is 2.41 bits per heavy atom. The van der Waals surface area contributed by atoms with Gasteiger partial charge in [-0.25, -0.2) is 0 Å². The summed E-state index contributed by atoms with van der Waals surface area (Å²) in [6, 6.07) is 4.92. The molecule has 0 aliphatic carbocycles. The first-order valence-corrected chi connectivity index (χ1v) is 8.14. The van der Waals surface area contributed by atoms with Gasteiger partial charge in [0.05, 0.1) is 17.2 Å². The van der Waals surface area contributed by atoms with Crippen molar-refractivity contribution in [2.45, 2.75) is 42.4 Å². The predicted molar refractivity (Wildman–Crippen MR) is 77.6 cm³/mol. The molecule has 2 saturated heterocycles. The molecule has 2 atom stereocenters. The smallest absolute Gasteiger partial charge is 0.294 e. The zero-order chi connectivity index (χ0) is 15.9. The lowest BCUT2D eigenvalue weighted by molar-refractivity contribution is -0.138. The number of hydrogen-bond donors (Lipinski definition) is 0. The molecule has 0 aromatic heterocycles. The normalized spacial score (nSPS) is 27.5. The SMILES string of the molecule is N#Cc1ccc(C(=O)C2CC3CCC(C2)S3)c(C(F)(F)F)c1. The molecule has 0 spiro atoms. The zero-order valence-electron chi connectivity index (χ0n) is 11.7. The van der Waals surface area contributed by atoms with Crippen LogP contribution in [-0.4, -0.2) is 16.3 Å². The number of hydrogen-bond acceptors (Lipinski definition) is 3. The number of fused-ring (bicyclic) bond motifs is 2. The highest BCUT2D eigenvalue weighted by molar-refractivity contribution is 8.00. The highest BCUT2D eigenvalue weighted by Crippen LogP contribution is 2.47. The lowest BCUT2D eigenvalue weighted by Crippen LogP contribution is -2.26. The van der Waals surface area contributed by atoms with E-state index in [1.165, 1.54) is 6.07 Å². The molecule has 0 amide bonds. The van der Waals surface area contributed by atoms with Gasteiger partial charge < -0.3 is 0 Å². The van der Waals surface area contributed by atoms with Gasteiger partial charge in [-0.1, -0.05) is 0 Å². The number of thioether (sulfide) groups is 1. The van der Waals surface area contributed by atoms with Crippen molar-refractivity contribution in [1.82, 2.24) is 0 Å². The van der Waals surface area contributed by atoms with E-state index in [0.717, 1.165) is 25.0 Å². The molecule has 2 aliphatic heterocycles. The lowest BCUT2D eigenvalue weighted by Gasteiger charge is -2.27. The van der Waals surface area contributed by atoms with Crippen molar-refractivity contribution in [3.63, 3.8) is 0 Å². The van der Waals surface area contributed by atoms with Gasteiger partial charge in [-0.05, 0) is 43.9 Å². The number of Topliss-reactive ketones (excluding diaryl/α,β-unsaturated/α-hetero) is 1. The van der Waals surface area contributed by atoms with Crippen LogP contribution >= 0.6 is 11.8 Å². The Hall–Kier alpha value is -1.48. The topological polar surface area (TPSA) is 40.9 Å². The summed E-state index contributed by atoms with van der Waals surface area (Å²) >= 11 is 1.87. The Morgan fingerprint density at radius 1 is 1.23 bits per heavy atom. The Balaban J connectivity index is 1.94. The van der Waals surface area contributed by atoms with E-state index in [0.29, 0.717) is 23.3 Å². The van der Waals surface area contributed by atoms with Gasteiger partial charge in [-0.3, -0.25) is 4.79 Å². The van der Waals surface area contributed by atoms with Gasteiger partial charge in [0.25, 0.3) is 0 Å². The molecule has 1 aromatic rings. The maximum atomic E-state index is 13.2. The number of halogens is 3. The molecule has 6 heteroatoms. The van der Waals surface area contributed by atoms with Gasteiger partial charge in [0.1, 0.15) is 0 Å². The molecule has 0 radical (unpaired) electrons. The van der Waals surface area contributed by atoms with E-state index < -0.39 is 17.5 Å². The summed E-state index contributed by atoms with van der Waals surface area (Å²) in [5.74, 6) is -0.748. The van der Waals surface area contributed by atoms with Crippen LogP contribution in [0.4, 0.5) is 13.2 Å². The van der Waals surface area contributed by atoms with Crippen molar-refractivity contribution in [3.05, 3.63) is 34.9 Å². The number of benzene rings is 1. The number of carbonyl (C=O) groups excluding carboxylic acids is 1. The summed E-state index contributed by atoms with van der Waals surface area (Å²) in [5, 5.41) is 9.58. The van der Waals surface area contributed by atoms with Crippen molar-refractivity contribution >= 4 is 17.5 Å². The van der Waals surface area contributed by atoms with E-state index in [9.17, 15) is 18.0 Å². The summed E-state index contributed by atoms with van der Waals surface area (Å²) in [6.07, 6.45) is -1.19. The van der Waals surface area contributed by atoms with Crippen molar-refractivity contribution in [2.75, 3.05) is 0 Å². The largest absolute Gasteiger partial charge is 0.417 e. The Morgan fingerprint density at radius 2 is 1.86 bits per heavy atom. The summed E-state index contributed by atoms with van der Waals surface area (Å²) in [5.41, 5.74) is -1.35. The molecular formula is C16H14F3NOS. The van der Waals surface area contributed by atoms with Crippen LogP contribution in [0, 0.1) is 17.2 Å². The number of carbonyl (C=O) groups is 1. The first-order valence-electron chi connectivity index (χ1n) is 7.19. The predicted octanol–water partition coefficient (Wildman–Crippen LogP) is 4.43. The fourth-order valence-electron chi connectivity index (χ4n) is 3.35. The quantitative estimate of drug-likeness (QED) is 0.755. The maximum absolute atomic E-state index is 13.2.